The Labute approximate surface area is 249 Å². The van der Waals surface area contributed by atoms with Crippen LogP contribution in [-0.2, 0) is 17.3 Å². The van der Waals surface area contributed by atoms with Gasteiger partial charge in [-0.15, -0.1) is 13.2 Å². The van der Waals surface area contributed by atoms with Crippen molar-refractivity contribution in [3.8, 4) is 33.4 Å². The molecule has 0 bridgehead atoms. The molecule has 2 unspecified atom stereocenters. The summed E-state index contributed by atoms with van der Waals surface area (Å²) >= 11 is 0. The van der Waals surface area contributed by atoms with Gasteiger partial charge in [-0.1, -0.05) is 78.4 Å². The van der Waals surface area contributed by atoms with Gasteiger partial charge in [-0.05, 0) is 112 Å². The van der Waals surface area contributed by atoms with Crippen molar-refractivity contribution in [3.63, 3.8) is 0 Å². The normalized spacial score (nSPS) is 19.6. The van der Waals surface area contributed by atoms with Crippen molar-refractivity contribution in [3.05, 3.63) is 131 Å². The highest BCUT2D eigenvalue weighted by atomic mass is 16.3. The topological polar surface area (TPSA) is 60.7 Å². The van der Waals surface area contributed by atoms with Crippen molar-refractivity contribution in [1.29, 1.82) is 0 Å². The lowest BCUT2D eigenvalue weighted by Crippen LogP contribution is -2.23. The fourth-order valence-electron chi connectivity index (χ4n) is 7.59. The maximum atomic E-state index is 9.83. The van der Waals surface area contributed by atoms with Crippen LogP contribution in [-0.4, -0.2) is 35.1 Å². The van der Waals surface area contributed by atoms with E-state index in [0.717, 1.165) is 29.5 Å². The van der Waals surface area contributed by atoms with Crippen LogP contribution in [0, 0.1) is 6.92 Å². The first kappa shape index (κ1) is 28.4. The second-order valence-corrected chi connectivity index (χ2v) is 11.9. The first-order chi connectivity index (χ1) is 20.5. The van der Waals surface area contributed by atoms with Crippen molar-refractivity contribution >= 4 is 0 Å². The zero-order chi connectivity index (χ0) is 29.5. The number of fused-ring (bicyclic) bond motifs is 6. The number of aryl methyl sites for hydroxylation is 1. The number of hydrogen-bond acceptors (Lipinski definition) is 3. The first-order valence-electron chi connectivity index (χ1n) is 15.1. The van der Waals surface area contributed by atoms with E-state index in [4.69, 9.17) is 0 Å². The highest BCUT2D eigenvalue weighted by molar-refractivity contribution is 5.88. The average Bonchev–Trinajstić information content (AvgIpc) is 3.44. The van der Waals surface area contributed by atoms with Crippen molar-refractivity contribution in [2.75, 3.05) is 19.8 Å². The minimum atomic E-state index is -0.411. The molecular formula is C39H40O3. The molecule has 4 aromatic rings. The van der Waals surface area contributed by atoms with Gasteiger partial charge in [-0.25, -0.2) is 0 Å². The molecule has 3 heteroatoms. The number of benzene rings is 4. The summed E-state index contributed by atoms with van der Waals surface area (Å²) in [5, 5.41) is 29.2. The molecule has 2 aliphatic rings. The predicted octanol–water partition coefficient (Wildman–Crippen LogP) is 7.65. The molecule has 2 atom stereocenters. The minimum absolute atomic E-state index is 0.111. The van der Waals surface area contributed by atoms with Crippen LogP contribution < -0.4 is 0 Å². The number of aliphatic hydroxyl groups excluding tert-OH is 3. The van der Waals surface area contributed by atoms with E-state index in [1.165, 1.54) is 50.1 Å². The fourth-order valence-corrected chi connectivity index (χ4v) is 7.59. The number of allylic oxidation sites excluding steroid dienone is 2. The Morgan fingerprint density at radius 2 is 1.02 bits per heavy atom. The van der Waals surface area contributed by atoms with E-state index in [9.17, 15) is 15.3 Å². The average molecular weight is 557 g/mol. The lowest BCUT2D eigenvalue weighted by molar-refractivity contribution is 0.276. The highest BCUT2D eigenvalue weighted by Gasteiger charge is 2.42. The van der Waals surface area contributed by atoms with Gasteiger partial charge in [0.05, 0.1) is 0 Å². The van der Waals surface area contributed by atoms with E-state index in [1.807, 2.05) is 0 Å². The Hall–Kier alpha value is -3.76. The molecule has 4 aromatic carbocycles. The Kier molecular flexibility index (Phi) is 7.53. The quantitative estimate of drug-likeness (QED) is 0.166. The van der Waals surface area contributed by atoms with Crippen LogP contribution in [0.2, 0.25) is 0 Å². The van der Waals surface area contributed by atoms with Gasteiger partial charge in [0.2, 0.25) is 0 Å². The van der Waals surface area contributed by atoms with Gasteiger partial charge < -0.3 is 15.3 Å². The van der Waals surface area contributed by atoms with Crippen molar-refractivity contribution < 1.29 is 15.3 Å². The predicted molar refractivity (Wildman–Crippen MR) is 173 cm³/mol. The highest BCUT2D eigenvalue weighted by Crippen LogP contribution is 2.55. The zero-order valence-corrected chi connectivity index (χ0v) is 24.5. The second-order valence-electron chi connectivity index (χ2n) is 11.9. The van der Waals surface area contributed by atoms with Crippen LogP contribution in [0.25, 0.3) is 33.4 Å². The lowest BCUT2D eigenvalue weighted by Gasteiger charge is -2.30. The Bertz CT molecular complexity index is 1680. The fraction of sp³-hybridized carbons (Fsp3) is 0.282. The maximum absolute atomic E-state index is 9.83. The molecule has 214 valence electrons. The van der Waals surface area contributed by atoms with E-state index < -0.39 is 5.41 Å². The molecule has 0 heterocycles. The molecule has 0 spiro atoms. The van der Waals surface area contributed by atoms with Gasteiger partial charge in [-0.2, -0.15) is 0 Å². The van der Waals surface area contributed by atoms with Crippen LogP contribution in [0.3, 0.4) is 0 Å². The molecule has 2 aliphatic carbocycles. The smallest absolute Gasteiger partial charge is 0.0471 e. The Balaban J connectivity index is 1.51. The Morgan fingerprint density at radius 1 is 0.571 bits per heavy atom. The standard InChI is InChI=1S/C39H40O3/c1-4-38(17-6-19-40)34-22-26(3)8-12-30(34)32-14-10-28(24-36(32)38)29-11-15-33-31-13-9-27(16-21-42)23-35(31)39(5-2,18-7-20-41)37(33)25-29/h4-5,8-15,22-25,40-42H,1-2,6-7,16-21H2,3H3. The van der Waals surface area contributed by atoms with Crippen LogP contribution in [0.15, 0.2) is 98.1 Å². The largest absolute Gasteiger partial charge is 0.396 e. The molecule has 0 aromatic heterocycles. The van der Waals surface area contributed by atoms with Crippen LogP contribution in [0.4, 0.5) is 0 Å². The van der Waals surface area contributed by atoms with Crippen LogP contribution in [0.5, 0.6) is 0 Å². The summed E-state index contributed by atoms with van der Waals surface area (Å²) in [4.78, 5) is 0. The van der Waals surface area contributed by atoms with Crippen molar-refractivity contribution in [2.45, 2.75) is 49.9 Å². The molecule has 3 N–H and O–H groups in total. The number of rotatable bonds is 11. The maximum Gasteiger partial charge on any atom is 0.0471 e. The van der Waals surface area contributed by atoms with Crippen molar-refractivity contribution in [1.82, 2.24) is 0 Å². The number of aliphatic hydroxyl groups is 3. The summed E-state index contributed by atoms with van der Waals surface area (Å²) < 4.78 is 0. The summed E-state index contributed by atoms with van der Waals surface area (Å²) in [6, 6.07) is 26.8. The SMILES string of the molecule is C=CC1(CCCO)c2cc(C)ccc2-c2ccc(-c3ccc4c(c3)C(C=C)(CCCO)c3cc(CCO)ccc3-4)cc21. The summed E-state index contributed by atoms with van der Waals surface area (Å²) in [6.45, 7) is 11.1. The third kappa shape index (κ3) is 4.22. The summed E-state index contributed by atoms with van der Waals surface area (Å²) in [5.74, 6) is 0. The minimum Gasteiger partial charge on any atom is -0.396 e. The van der Waals surface area contributed by atoms with Crippen molar-refractivity contribution in [2.24, 2.45) is 0 Å². The number of hydrogen-bond donors (Lipinski definition) is 3. The van der Waals surface area contributed by atoms with Crippen LogP contribution >= 0.6 is 0 Å². The molecule has 0 saturated heterocycles. The summed E-state index contributed by atoms with van der Waals surface area (Å²) in [5.41, 5.74) is 13.7. The molecular weight excluding hydrogens is 516 g/mol. The molecule has 0 radical (unpaired) electrons. The molecule has 3 nitrogen and oxygen atoms in total. The second kappa shape index (κ2) is 11.1. The van der Waals surface area contributed by atoms with Gasteiger partial charge in [0.1, 0.15) is 0 Å². The lowest BCUT2D eigenvalue weighted by atomic mass is 9.73. The summed E-state index contributed by atoms with van der Waals surface area (Å²) in [6.07, 6.45) is 7.68. The molecule has 0 fully saturated rings. The molecule has 0 amide bonds. The molecule has 0 saturated carbocycles. The van der Waals surface area contributed by atoms with Gasteiger partial charge >= 0.3 is 0 Å². The molecule has 42 heavy (non-hydrogen) atoms. The summed E-state index contributed by atoms with van der Waals surface area (Å²) in [7, 11) is 0. The van der Waals surface area contributed by atoms with Gasteiger partial charge in [0.25, 0.3) is 0 Å². The first-order valence-corrected chi connectivity index (χ1v) is 15.1. The third-order valence-electron chi connectivity index (χ3n) is 9.69. The third-order valence-corrected chi connectivity index (χ3v) is 9.69. The van der Waals surface area contributed by atoms with Gasteiger partial charge in [-0.3, -0.25) is 0 Å². The van der Waals surface area contributed by atoms with Crippen LogP contribution in [0.1, 0.15) is 59.1 Å². The monoisotopic (exact) mass is 556 g/mol. The molecule has 0 aliphatic heterocycles. The Morgan fingerprint density at radius 3 is 1.50 bits per heavy atom. The molecule has 6 rings (SSSR count). The zero-order valence-electron chi connectivity index (χ0n) is 24.5. The van der Waals surface area contributed by atoms with E-state index in [2.05, 4.69) is 105 Å². The van der Waals surface area contributed by atoms with E-state index in [1.54, 1.807) is 0 Å². The van der Waals surface area contributed by atoms with E-state index in [-0.39, 0.29) is 25.2 Å². The van der Waals surface area contributed by atoms with E-state index >= 15 is 0 Å². The van der Waals surface area contributed by atoms with E-state index in [0.29, 0.717) is 19.3 Å². The van der Waals surface area contributed by atoms with Gasteiger partial charge in [0.15, 0.2) is 0 Å². The van der Waals surface area contributed by atoms with Gasteiger partial charge in [0, 0.05) is 30.7 Å².